The van der Waals surface area contributed by atoms with E-state index < -0.39 is 10.1 Å². The highest BCUT2D eigenvalue weighted by Crippen LogP contribution is 2.12. The first kappa shape index (κ1) is 24.3. The fraction of sp³-hybridized carbons (Fsp3) is 0.684. The Morgan fingerprint density at radius 1 is 0.741 bits per heavy atom. The Kier molecular flexibility index (Phi) is 13.7. The van der Waals surface area contributed by atoms with Crippen LogP contribution in [0.1, 0.15) is 31.2 Å². The van der Waals surface area contributed by atoms with Gasteiger partial charge in [-0.3, -0.25) is 4.18 Å². The molecule has 0 atom stereocenters. The fourth-order valence-electron chi connectivity index (χ4n) is 2.17. The second-order valence-corrected chi connectivity index (χ2v) is 8.02. The van der Waals surface area contributed by atoms with E-state index in [9.17, 15) is 8.42 Å². The minimum atomic E-state index is -3.73. The van der Waals surface area contributed by atoms with Gasteiger partial charge >= 0.3 is 0 Å². The smallest absolute Gasteiger partial charge is 0.297 e. The third kappa shape index (κ3) is 12.4. The van der Waals surface area contributed by atoms with E-state index in [0.29, 0.717) is 26.4 Å². The molecule has 0 bridgehead atoms. The van der Waals surface area contributed by atoms with Crippen molar-refractivity contribution in [3.05, 3.63) is 29.8 Å². The Morgan fingerprint density at radius 2 is 1.26 bits per heavy atom. The maximum Gasteiger partial charge on any atom is 0.297 e. The fourth-order valence-corrected chi connectivity index (χ4v) is 3.25. The van der Waals surface area contributed by atoms with Crippen LogP contribution in [-0.4, -0.2) is 60.5 Å². The van der Waals surface area contributed by atoms with Crippen molar-refractivity contribution in [3.63, 3.8) is 0 Å². The van der Waals surface area contributed by atoms with Crippen LogP contribution in [0.15, 0.2) is 29.2 Å². The van der Waals surface area contributed by atoms with E-state index in [2.05, 4.69) is 0 Å². The lowest BCUT2D eigenvalue weighted by molar-refractivity contribution is 0.00913. The quantitative estimate of drug-likeness (QED) is 0.217. The summed E-state index contributed by atoms with van der Waals surface area (Å²) in [6, 6.07) is 6.52. The highest BCUT2D eigenvalue weighted by Gasteiger charge is 2.14. The van der Waals surface area contributed by atoms with E-state index in [1.165, 1.54) is 12.1 Å². The molecule has 1 aromatic rings. The molecule has 0 saturated carbocycles. The van der Waals surface area contributed by atoms with Crippen LogP contribution in [0.5, 0.6) is 0 Å². The number of benzene rings is 1. The van der Waals surface area contributed by atoms with Crippen LogP contribution >= 0.6 is 11.6 Å². The topological polar surface area (TPSA) is 71.1 Å². The first-order valence-corrected chi connectivity index (χ1v) is 11.3. The highest BCUT2D eigenvalue weighted by atomic mass is 35.5. The van der Waals surface area contributed by atoms with Gasteiger partial charge in [-0.1, -0.05) is 30.5 Å². The molecule has 0 aliphatic carbocycles. The van der Waals surface area contributed by atoms with Gasteiger partial charge in [-0.2, -0.15) is 8.42 Å². The molecule has 6 nitrogen and oxygen atoms in total. The van der Waals surface area contributed by atoms with Crippen LogP contribution in [0.25, 0.3) is 0 Å². The summed E-state index contributed by atoms with van der Waals surface area (Å²) in [6.45, 7) is 4.70. The lowest BCUT2D eigenvalue weighted by Crippen LogP contribution is -2.14. The lowest BCUT2D eigenvalue weighted by Gasteiger charge is -2.08. The molecule has 0 aliphatic heterocycles. The van der Waals surface area contributed by atoms with Gasteiger partial charge in [0.05, 0.1) is 44.5 Å². The van der Waals surface area contributed by atoms with Gasteiger partial charge in [0.15, 0.2) is 0 Å². The Bertz CT molecular complexity index is 576. The van der Waals surface area contributed by atoms with Gasteiger partial charge in [-0.25, -0.2) is 0 Å². The second kappa shape index (κ2) is 15.2. The zero-order valence-electron chi connectivity index (χ0n) is 16.0. The van der Waals surface area contributed by atoms with Crippen LogP contribution in [0, 0.1) is 6.92 Å². The maximum atomic E-state index is 12.0. The summed E-state index contributed by atoms with van der Waals surface area (Å²) in [6.07, 6.45) is 4.40. The number of aryl methyl sites for hydroxylation is 1. The van der Waals surface area contributed by atoms with Crippen molar-refractivity contribution in [3.8, 4) is 0 Å². The predicted molar refractivity (Wildman–Crippen MR) is 106 cm³/mol. The molecule has 8 heteroatoms. The average molecular weight is 423 g/mol. The van der Waals surface area contributed by atoms with E-state index in [1.807, 2.05) is 6.92 Å². The summed E-state index contributed by atoms with van der Waals surface area (Å²) in [5, 5.41) is 0. The van der Waals surface area contributed by atoms with E-state index in [4.69, 9.17) is 30.0 Å². The van der Waals surface area contributed by atoms with Gasteiger partial charge < -0.3 is 14.2 Å². The summed E-state index contributed by atoms with van der Waals surface area (Å²) in [7, 11) is -3.73. The molecule has 0 saturated heterocycles. The van der Waals surface area contributed by atoms with Crippen molar-refractivity contribution in [2.75, 3.05) is 52.1 Å². The number of ether oxygens (including phenoxy) is 3. The molecule has 0 aromatic heterocycles. The van der Waals surface area contributed by atoms with Crippen molar-refractivity contribution in [2.45, 2.75) is 37.5 Å². The van der Waals surface area contributed by atoms with Gasteiger partial charge in [0, 0.05) is 12.5 Å². The van der Waals surface area contributed by atoms with E-state index in [-0.39, 0.29) is 18.1 Å². The average Bonchev–Trinajstić information content (AvgIpc) is 2.65. The predicted octanol–water partition coefficient (Wildman–Crippen LogP) is 3.55. The van der Waals surface area contributed by atoms with Crippen LogP contribution in [0.2, 0.25) is 0 Å². The first-order valence-electron chi connectivity index (χ1n) is 9.31. The van der Waals surface area contributed by atoms with Crippen LogP contribution in [-0.2, 0) is 28.5 Å². The zero-order chi connectivity index (χ0) is 19.8. The molecule has 1 aromatic carbocycles. The number of unbranched alkanes of at least 4 members (excludes halogenated alkanes) is 3. The van der Waals surface area contributed by atoms with Crippen molar-refractivity contribution in [1.29, 1.82) is 0 Å². The summed E-state index contributed by atoms with van der Waals surface area (Å²) >= 11 is 5.61. The molecule has 0 amide bonds. The normalized spacial score (nSPS) is 11.8. The van der Waals surface area contributed by atoms with Crippen LogP contribution < -0.4 is 0 Å². The molecule has 0 N–H and O–H groups in total. The van der Waals surface area contributed by atoms with Gasteiger partial charge in [0.2, 0.25) is 0 Å². The largest absolute Gasteiger partial charge is 0.379 e. The molecule has 0 unspecified atom stereocenters. The van der Waals surface area contributed by atoms with Gasteiger partial charge in [0.1, 0.15) is 0 Å². The number of rotatable bonds is 17. The molecular weight excluding hydrogens is 392 g/mol. The second-order valence-electron chi connectivity index (χ2n) is 6.03. The minimum Gasteiger partial charge on any atom is -0.379 e. The van der Waals surface area contributed by atoms with E-state index >= 15 is 0 Å². The van der Waals surface area contributed by atoms with Crippen molar-refractivity contribution in [2.24, 2.45) is 0 Å². The molecule has 1 rings (SSSR count). The molecule has 0 radical (unpaired) electrons. The number of hydrogen-bond donors (Lipinski definition) is 0. The molecule has 0 fully saturated rings. The molecular formula is C19H31ClO6S. The third-order valence-corrected chi connectivity index (χ3v) is 5.29. The summed E-state index contributed by atoms with van der Waals surface area (Å²) < 4.78 is 45.0. The summed E-state index contributed by atoms with van der Waals surface area (Å²) in [5.41, 5.74) is 0.991. The Balaban J connectivity index is 1.91. The monoisotopic (exact) mass is 422 g/mol. The molecule has 0 heterocycles. The Morgan fingerprint density at radius 3 is 1.85 bits per heavy atom. The number of hydrogen-bond acceptors (Lipinski definition) is 6. The van der Waals surface area contributed by atoms with Gasteiger partial charge in [0.25, 0.3) is 10.1 Å². The Labute approximate surface area is 168 Å². The molecule has 0 spiro atoms. The molecule has 156 valence electrons. The number of alkyl halides is 1. The molecule has 0 aliphatic rings. The highest BCUT2D eigenvalue weighted by molar-refractivity contribution is 7.86. The summed E-state index contributed by atoms with van der Waals surface area (Å²) in [5.74, 6) is 0.728. The Hall–Kier alpha value is -0.700. The van der Waals surface area contributed by atoms with Crippen LogP contribution in [0.3, 0.4) is 0 Å². The SMILES string of the molecule is Cc1ccc(S(=O)(=O)OCCOCCOCCOCCCCCCCl)cc1. The van der Waals surface area contributed by atoms with Gasteiger partial charge in [-0.15, -0.1) is 11.6 Å². The van der Waals surface area contributed by atoms with Gasteiger partial charge in [-0.05, 0) is 31.9 Å². The lowest BCUT2D eigenvalue weighted by atomic mass is 10.2. The molecule has 27 heavy (non-hydrogen) atoms. The van der Waals surface area contributed by atoms with E-state index in [0.717, 1.165) is 43.7 Å². The third-order valence-electron chi connectivity index (χ3n) is 3.69. The number of halogens is 1. The van der Waals surface area contributed by atoms with Crippen molar-refractivity contribution >= 4 is 21.7 Å². The first-order chi connectivity index (χ1) is 13.1. The maximum absolute atomic E-state index is 12.0. The van der Waals surface area contributed by atoms with E-state index in [1.54, 1.807) is 12.1 Å². The van der Waals surface area contributed by atoms with Crippen molar-refractivity contribution < 1.29 is 26.8 Å². The minimum absolute atomic E-state index is 0.0248. The zero-order valence-corrected chi connectivity index (χ0v) is 17.6. The van der Waals surface area contributed by atoms with Crippen LogP contribution in [0.4, 0.5) is 0 Å². The summed E-state index contributed by atoms with van der Waals surface area (Å²) in [4.78, 5) is 0.149. The van der Waals surface area contributed by atoms with Crippen molar-refractivity contribution in [1.82, 2.24) is 0 Å². The standard InChI is InChI=1S/C19H31ClO6S/c1-18-6-8-19(9-7-18)27(21,22)26-17-16-25-15-14-24-13-12-23-11-5-3-2-4-10-20/h6-9H,2-5,10-17H2,1H3.